The Morgan fingerprint density at radius 1 is 0.517 bits per heavy atom. The molecule has 0 atom stereocenters. The molecule has 0 spiro atoms. The van der Waals surface area contributed by atoms with E-state index in [2.05, 4.69) is 158 Å². The summed E-state index contributed by atoms with van der Waals surface area (Å²) in [6.07, 6.45) is 0. The number of hydrogen-bond donors (Lipinski definition) is 0. The lowest BCUT2D eigenvalue weighted by Gasteiger charge is -2.23. The molecule has 13 rings (SSSR count). The van der Waals surface area contributed by atoms with Crippen molar-refractivity contribution in [3.8, 4) is 51.0 Å². The van der Waals surface area contributed by atoms with Gasteiger partial charge in [0.25, 0.3) is 0 Å². The van der Waals surface area contributed by atoms with Crippen molar-refractivity contribution in [3.05, 3.63) is 181 Å². The topological polar surface area (TPSA) is 56.7 Å². The Morgan fingerprint density at radius 3 is 2.02 bits per heavy atom. The molecule has 0 aliphatic heterocycles. The molecular formula is C54H34N4OS. The number of thiophene rings is 1. The molecule has 0 unspecified atom stereocenters. The molecule has 12 aromatic rings. The molecule has 4 aromatic heterocycles. The standard InChI is InChI=1S/C54H34N4OS/c1-54(2)42-20-10-6-16-34(42)37-28-29-38-35-17-7-11-21-43(35)58(48(38)47(37)54)33-26-24-32(25-27-33)52-55-51(31-14-4-3-5-15-31)56-53(57-52)41-30-40-36-18-8-12-22-44(36)59-49(40)46-39-19-9-13-23-45(39)60-50(41)46/h3-30H,1-2H3. The summed E-state index contributed by atoms with van der Waals surface area (Å²) in [5.41, 5.74) is 13.3. The third-order valence-corrected chi connectivity index (χ3v) is 13.8. The lowest BCUT2D eigenvalue weighted by Crippen LogP contribution is -2.16. The van der Waals surface area contributed by atoms with E-state index in [1.165, 1.54) is 54.1 Å². The molecule has 0 saturated carbocycles. The molecule has 8 aromatic carbocycles. The first kappa shape index (κ1) is 33.6. The van der Waals surface area contributed by atoms with Crippen molar-refractivity contribution in [1.29, 1.82) is 0 Å². The third kappa shape index (κ3) is 4.65. The quantitative estimate of drug-likeness (QED) is 0.178. The van der Waals surface area contributed by atoms with E-state index in [-0.39, 0.29) is 5.41 Å². The van der Waals surface area contributed by atoms with Crippen LogP contribution in [0.2, 0.25) is 0 Å². The molecule has 1 aliphatic rings. The molecule has 0 amide bonds. The maximum atomic E-state index is 6.61. The van der Waals surface area contributed by atoms with E-state index >= 15 is 0 Å². The minimum Gasteiger partial charge on any atom is -0.455 e. The monoisotopic (exact) mass is 786 g/mol. The van der Waals surface area contributed by atoms with E-state index in [1.54, 1.807) is 11.3 Å². The zero-order valence-corrected chi connectivity index (χ0v) is 33.6. The Kier molecular flexibility index (Phi) is 6.88. The highest BCUT2D eigenvalue weighted by molar-refractivity contribution is 7.26. The van der Waals surface area contributed by atoms with Gasteiger partial charge in [-0.1, -0.05) is 135 Å². The van der Waals surface area contributed by atoms with Gasteiger partial charge in [0.05, 0.1) is 15.7 Å². The average Bonchev–Trinajstić information content (AvgIpc) is 4.03. The third-order valence-electron chi connectivity index (χ3n) is 12.6. The van der Waals surface area contributed by atoms with Crippen LogP contribution in [0.3, 0.4) is 0 Å². The van der Waals surface area contributed by atoms with Crippen LogP contribution in [0, 0.1) is 0 Å². The minimum absolute atomic E-state index is 0.168. The molecule has 0 radical (unpaired) electrons. The van der Waals surface area contributed by atoms with Crippen molar-refractivity contribution in [2.24, 2.45) is 0 Å². The van der Waals surface area contributed by atoms with Gasteiger partial charge in [-0.3, -0.25) is 0 Å². The molecule has 0 saturated heterocycles. The van der Waals surface area contributed by atoms with Gasteiger partial charge in [0.2, 0.25) is 0 Å². The number of para-hydroxylation sites is 2. The van der Waals surface area contributed by atoms with Gasteiger partial charge in [-0.05, 0) is 70.8 Å². The van der Waals surface area contributed by atoms with Crippen LogP contribution in [0.15, 0.2) is 174 Å². The molecule has 60 heavy (non-hydrogen) atoms. The number of furan rings is 1. The lowest BCUT2D eigenvalue weighted by molar-refractivity contribution is 0.664. The smallest absolute Gasteiger partial charge is 0.165 e. The molecule has 0 fully saturated rings. The summed E-state index contributed by atoms with van der Waals surface area (Å²) < 4.78 is 11.4. The van der Waals surface area contributed by atoms with Crippen LogP contribution in [0.5, 0.6) is 0 Å². The van der Waals surface area contributed by atoms with Gasteiger partial charge in [-0.2, -0.15) is 0 Å². The normalized spacial score (nSPS) is 13.3. The molecule has 5 nitrogen and oxygen atoms in total. The Hall–Kier alpha value is -7.41. The van der Waals surface area contributed by atoms with Gasteiger partial charge < -0.3 is 8.98 Å². The maximum absolute atomic E-state index is 6.61. The lowest BCUT2D eigenvalue weighted by atomic mass is 9.81. The summed E-state index contributed by atoms with van der Waals surface area (Å²) >= 11 is 1.75. The van der Waals surface area contributed by atoms with Crippen molar-refractivity contribution >= 4 is 75.3 Å². The van der Waals surface area contributed by atoms with Crippen LogP contribution in [0.25, 0.3) is 115 Å². The second-order valence-corrected chi connectivity index (χ2v) is 17.4. The van der Waals surface area contributed by atoms with Crippen molar-refractivity contribution in [2.75, 3.05) is 0 Å². The first-order valence-electron chi connectivity index (χ1n) is 20.4. The van der Waals surface area contributed by atoms with E-state index in [1.807, 2.05) is 30.3 Å². The van der Waals surface area contributed by atoms with E-state index in [0.717, 1.165) is 54.4 Å². The van der Waals surface area contributed by atoms with Crippen molar-refractivity contribution in [1.82, 2.24) is 19.5 Å². The van der Waals surface area contributed by atoms with E-state index in [9.17, 15) is 0 Å². The molecule has 0 N–H and O–H groups in total. The minimum atomic E-state index is -0.168. The first-order valence-corrected chi connectivity index (χ1v) is 21.2. The summed E-state index contributed by atoms with van der Waals surface area (Å²) in [4.78, 5) is 15.7. The highest BCUT2D eigenvalue weighted by atomic mass is 32.1. The number of benzene rings is 8. The fourth-order valence-electron chi connectivity index (χ4n) is 9.91. The van der Waals surface area contributed by atoms with E-state index < -0.39 is 0 Å². The predicted octanol–water partition coefficient (Wildman–Crippen LogP) is 14.5. The van der Waals surface area contributed by atoms with Gasteiger partial charge in [-0.15, -0.1) is 11.3 Å². The predicted molar refractivity (Wildman–Crippen MR) is 248 cm³/mol. The van der Waals surface area contributed by atoms with Crippen LogP contribution < -0.4 is 0 Å². The second kappa shape index (κ2) is 12.3. The fourth-order valence-corrected chi connectivity index (χ4v) is 11.1. The number of rotatable bonds is 4. The summed E-state index contributed by atoms with van der Waals surface area (Å²) in [6.45, 7) is 4.73. The van der Waals surface area contributed by atoms with Crippen LogP contribution in [0.4, 0.5) is 0 Å². The second-order valence-electron chi connectivity index (χ2n) is 16.3. The maximum Gasteiger partial charge on any atom is 0.165 e. The highest BCUT2D eigenvalue weighted by Gasteiger charge is 2.38. The molecular weight excluding hydrogens is 753 g/mol. The summed E-state index contributed by atoms with van der Waals surface area (Å²) in [6, 6.07) is 60.3. The molecule has 4 heterocycles. The van der Waals surface area contributed by atoms with E-state index in [4.69, 9.17) is 19.4 Å². The Morgan fingerprint density at radius 2 is 1.18 bits per heavy atom. The SMILES string of the molecule is CC1(C)c2ccccc2-c2ccc3c4ccccc4n(-c4ccc(-c5nc(-c6ccccc6)nc(-c6cc7c8ccccc8oc7c7c6sc6ccccc67)n5)cc4)c3c21. The Balaban J connectivity index is 1.03. The molecule has 6 heteroatoms. The van der Waals surface area contributed by atoms with Crippen LogP contribution in [-0.2, 0) is 5.41 Å². The molecule has 0 bridgehead atoms. The zero-order chi connectivity index (χ0) is 39.7. The fraction of sp³-hybridized carbons (Fsp3) is 0.0556. The van der Waals surface area contributed by atoms with Crippen molar-refractivity contribution in [3.63, 3.8) is 0 Å². The zero-order valence-electron chi connectivity index (χ0n) is 32.8. The molecule has 1 aliphatic carbocycles. The van der Waals surface area contributed by atoms with E-state index in [0.29, 0.717) is 17.5 Å². The highest BCUT2D eigenvalue weighted by Crippen LogP contribution is 2.53. The van der Waals surface area contributed by atoms with Gasteiger partial charge in [-0.25, -0.2) is 15.0 Å². The summed E-state index contributed by atoms with van der Waals surface area (Å²) in [7, 11) is 0. The van der Waals surface area contributed by atoms with Crippen molar-refractivity contribution < 1.29 is 4.42 Å². The summed E-state index contributed by atoms with van der Waals surface area (Å²) in [5, 5.41) is 6.89. The number of nitrogens with zero attached hydrogens (tertiary/aromatic N) is 4. The molecule has 282 valence electrons. The van der Waals surface area contributed by atoms with Gasteiger partial charge in [0.1, 0.15) is 11.2 Å². The van der Waals surface area contributed by atoms with Gasteiger partial charge >= 0.3 is 0 Å². The van der Waals surface area contributed by atoms with Gasteiger partial charge in [0.15, 0.2) is 17.5 Å². The number of aromatic nitrogens is 4. The van der Waals surface area contributed by atoms with Crippen LogP contribution >= 0.6 is 11.3 Å². The number of fused-ring (bicyclic) bond motifs is 14. The number of hydrogen-bond acceptors (Lipinski definition) is 5. The summed E-state index contributed by atoms with van der Waals surface area (Å²) in [5.74, 6) is 1.88. The Labute approximate surface area is 348 Å². The Bertz CT molecular complexity index is 3740. The average molecular weight is 787 g/mol. The van der Waals surface area contributed by atoms with Crippen LogP contribution in [0.1, 0.15) is 25.0 Å². The van der Waals surface area contributed by atoms with Gasteiger partial charge in [0, 0.05) is 64.8 Å². The first-order chi connectivity index (χ1) is 29.5. The largest absolute Gasteiger partial charge is 0.455 e. The van der Waals surface area contributed by atoms with Crippen LogP contribution in [-0.4, -0.2) is 19.5 Å². The van der Waals surface area contributed by atoms with Crippen molar-refractivity contribution in [2.45, 2.75) is 19.3 Å².